The maximum absolute atomic E-state index is 13.7. The van der Waals surface area contributed by atoms with E-state index in [4.69, 9.17) is 4.74 Å². The fraction of sp³-hybridized carbons (Fsp3) is 0.333. The summed E-state index contributed by atoms with van der Waals surface area (Å²) in [5, 5.41) is 5.00. The molecular weight excluding hydrogens is 425 g/mol. The molecule has 0 atom stereocenters. The lowest BCUT2D eigenvalue weighted by atomic mass is 10.2. The van der Waals surface area contributed by atoms with Crippen LogP contribution in [0.2, 0.25) is 0 Å². The second kappa shape index (κ2) is 8.64. The van der Waals surface area contributed by atoms with Crippen molar-refractivity contribution in [3.8, 4) is 0 Å². The van der Waals surface area contributed by atoms with Gasteiger partial charge in [0.05, 0.1) is 16.3 Å². The van der Waals surface area contributed by atoms with Crippen molar-refractivity contribution >= 4 is 33.4 Å². The highest BCUT2D eigenvalue weighted by molar-refractivity contribution is 7.89. The van der Waals surface area contributed by atoms with Gasteiger partial charge in [-0.1, -0.05) is 0 Å². The van der Waals surface area contributed by atoms with Crippen LogP contribution >= 0.6 is 0 Å². The molecule has 2 aromatic rings. The summed E-state index contributed by atoms with van der Waals surface area (Å²) in [7, 11) is -3.63. The number of halogens is 1. The Morgan fingerprint density at radius 1 is 1.00 bits per heavy atom. The minimum Gasteiger partial charge on any atom is -0.444 e. The van der Waals surface area contributed by atoms with E-state index in [1.165, 1.54) is 30.3 Å². The van der Waals surface area contributed by atoms with Crippen LogP contribution in [0.4, 0.5) is 20.6 Å². The standard InChI is InChI=1S/C21H24FN3O5S/c1-21(2,3)30-20(27)24-17-11-6-14(22)12-18(17)23-19(26)13-4-9-16(10-5-13)31(28,29)25-15-7-8-15/h4-6,9-12,15,25H,7-8H2,1-3H3,(H,23,26)(H,24,27). The Balaban J connectivity index is 1.73. The van der Waals surface area contributed by atoms with Crippen molar-refractivity contribution in [1.29, 1.82) is 0 Å². The summed E-state index contributed by atoms with van der Waals surface area (Å²) in [5.41, 5.74) is -0.387. The third-order valence-electron chi connectivity index (χ3n) is 4.19. The maximum atomic E-state index is 13.7. The second-order valence-corrected chi connectivity index (χ2v) is 9.90. The first-order valence-corrected chi connectivity index (χ1v) is 11.1. The Hall–Kier alpha value is -2.98. The molecule has 0 radical (unpaired) electrons. The van der Waals surface area contributed by atoms with E-state index in [1.54, 1.807) is 20.8 Å². The molecular formula is C21H24FN3O5S. The Morgan fingerprint density at radius 3 is 2.23 bits per heavy atom. The summed E-state index contributed by atoms with van der Waals surface area (Å²) in [4.78, 5) is 24.7. The number of hydrogen-bond donors (Lipinski definition) is 3. The molecule has 0 aliphatic heterocycles. The molecule has 2 aromatic carbocycles. The number of carbonyl (C=O) groups excluding carboxylic acids is 2. The third-order valence-corrected chi connectivity index (χ3v) is 5.73. The van der Waals surface area contributed by atoms with Crippen molar-refractivity contribution in [3.05, 3.63) is 53.8 Å². The molecule has 0 saturated heterocycles. The highest BCUT2D eigenvalue weighted by Gasteiger charge is 2.28. The molecule has 1 fully saturated rings. The van der Waals surface area contributed by atoms with Gasteiger partial charge >= 0.3 is 6.09 Å². The quantitative estimate of drug-likeness (QED) is 0.620. The number of anilines is 2. The molecule has 166 valence electrons. The summed E-state index contributed by atoms with van der Waals surface area (Å²) in [6.07, 6.45) is 0.868. The van der Waals surface area contributed by atoms with Crippen LogP contribution in [0.15, 0.2) is 47.4 Å². The lowest BCUT2D eigenvalue weighted by Crippen LogP contribution is -2.27. The van der Waals surface area contributed by atoms with E-state index < -0.39 is 33.4 Å². The fourth-order valence-electron chi connectivity index (χ4n) is 2.61. The van der Waals surface area contributed by atoms with E-state index in [1.807, 2.05) is 0 Å². The molecule has 0 spiro atoms. The van der Waals surface area contributed by atoms with Crippen LogP contribution < -0.4 is 15.4 Å². The maximum Gasteiger partial charge on any atom is 0.412 e. The van der Waals surface area contributed by atoms with Gasteiger partial charge in [-0.15, -0.1) is 0 Å². The number of carbonyl (C=O) groups is 2. The Bertz CT molecular complexity index is 1090. The molecule has 0 bridgehead atoms. The Labute approximate surface area is 180 Å². The molecule has 8 nitrogen and oxygen atoms in total. The zero-order valence-electron chi connectivity index (χ0n) is 17.4. The minimum absolute atomic E-state index is 0.0305. The molecule has 3 rings (SSSR count). The van der Waals surface area contributed by atoms with Crippen molar-refractivity contribution in [3.63, 3.8) is 0 Å². The van der Waals surface area contributed by atoms with Gasteiger partial charge in [0.2, 0.25) is 10.0 Å². The molecule has 10 heteroatoms. The summed E-state index contributed by atoms with van der Waals surface area (Å²) in [5.74, 6) is -1.21. The Morgan fingerprint density at radius 2 is 1.65 bits per heavy atom. The molecule has 3 N–H and O–H groups in total. The van der Waals surface area contributed by atoms with Gasteiger partial charge in [-0.2, -0.15) is 0 Å². The number of amides is 2. The average molecular weight is 450 g/mol. The van der Waals surface area contributed by atoms with E-state index in [2.05, 4.69) is 15.4 Å². The van der Waals surface area contributed by atoms with Crippen LogP contribution in [0, 0.1) is 5.82 Å². The van der Waals surface area contributed by atoms with E-state index >= 15 is 0 Å². The highest BCUT2D eigenvalue weighted by Crippen LogP contribution is 2.25. The van der Waals surface area contributed by atoms with Crippen LogP contribution in [-0.2, 0) is 14.8 Å². The van der Waals surface area contributed by atoms with E-state index in [0.717, 1.165) is 25.0 Å². The molecule has 31 heavy (non-hydrogen) atoms. The van der Waals surface area contributed by atoms with Gasteiger partial charge in [0, 0.05) is 11.6 Å². The van der Waals surface area contributed by atoms with Gasteiger partial charge in [-0.3, -0.25) is 10.1 Å². The third kappa shape index (κ3) is 6.50. The Kier molecular flexibility index (Phi) is 6.33. The topological polar surface area (TPSA) is 114 Å². The first-order chi connectivity index (χ1) is 14.4. The van der Waals surface area contributed by atoms with E-state index in [9.17, 15) is 22.4 Å². The van der Waals surface area contributed by atoms with Gasteiger partial charge in [0.1, 0.15) is 11.4 Å². The number of benzene rings is 2. The highest BCUT2D eigenvalue weighted by atomic mass is 32.2. The average Bonchev–Trinajstić information content (AvgIpc) is 3.46. The van der Waals surface area contributed by atoms with Gasteiger partial charge in [0.25, 0.3) is 5.91 Å². The van der Waals surface area contributed by atoms with E-state index in [-0.39, 0.29) is 27.9 Å². The summed E-state index contributed by atoms with van der Waals surface area (Å²) >= 11 is 0. The number of sulfonamides is 1. The van der Waals surface area contributed by atoms with E-state index in [0.29, 0.717) is 0 Å². The molecule has 1 aliphatic carbocycles. The normalized spacial score (nSPS) is 14.1. The number of nitrogens with one attached hydrogen (secondary N) is 3. The zero-order chi connectivity index (χ0) is 22.8. The summed E-state index contributed by atoms with van der Waals surface area (Å²) < 4.78 is 45.9. The molecule has 1 aliphatic rings. The largest absolute Gasteiger partial charge is 0.444 e. The SMILES string of the molecule is CC(C)(C)OC(=O)Nc1ccc(F)cc1NC(=O)c1ccc(S(=O)(=O)NC2CC2)cc1. The van der Waals surface area contributed by atoms with Crippen molar-refractivity contribution in [2.24, 2.45) is 0 Å². The minimum atomic E-state index is -3.63. The van der Waals surface area contributed by atoms with Gasteiger partial charge in [-0.25, -0.2) is 22.3 Å². The molecule has 0 aromatic heterocycles. The first kappa shape index (κ1) is 22.7. The predicted octanol–water partition coefficient (Wildman–Crippen LogP) is 3.87. The van der Waals surface area contributed by atoms with Crippen molar-refractivity contribution in [2.75, 3.05) is 10.6 Å². The lowest BCUT2D eigenvalue weighted by Gasteiger charge is -2.20. The number of hydrogen-bond acceptors (Lipinski definition) is 5. The fourth-order valence-corrected chi connectivity index (χ4v) is 3.92. The van der Waals surface area contributed by atoms with Crippen LogP contribution in [-0.4, -0.2) is 32.1 Å². The van der Waals surface area contributed by atoms with Gasteiger partial charge < -0.3 is 10.1 Å². The summed E-state index contributed by atoms with van der Waals surface area (Å²) in [6.45, 7) is 5.10. The van der Waals surface area contributed by atoms with Crippen LogP contribution in [0.5, 0.6) is 0 Å². The summed E-state index contributed by atoms with van der Waals surface area (Å²) in [6, 6.07) is 8.83. The lowest BCUT2D eigenvalue weighted by molar-refractivity contribution is 0.0635. The molecule has 0 heterocycles. The monoisotopic (exact) mass is 449 g/mol. The van der Waals surface area contributed by atoms with Gasteiger partial charge in [0.15, 0.2) is 0 Å². The smallest absolute Gasteiger partial charge is 0.412 e. The van der Waals surface area contributed by atoms with Crippen molar-refractivity contribution in [1.82, 2.24) is 4.72 Å². The second-order valence-electron chi connectivity index (χ2n) is 8.19. The first-order valence-electron chi connectivity index (χ1n) is 9.66. The van der Waals surface area contributed by atoms with Crippen LogP contribution in [0.25, 0.3) is 0 Å². The van der Waals surface area contributed by atoms with Crippen LogP contribution in [0.1, 0.15) is 44.0 Å². The number of ether oxygens (including phenoxy) is 1. The zero-order valence-corrected chi connectivity index (χ0v) is 18.2. The van der Waals surface area contributed by atoms with Crippen molar-refractivity contribution < 1.29 is 27.1 Å². The molecule has 1 saturated carbocycles. The van der Waals surface area contributed by atoms with Crippen LogP contribution in [0.3, 0.4) is 0 Å². The molecule has 0 unspecified atom stereocenters. The molecule has 2 amide bonds. The predicted molar refractivity (Wildman–Crippen MR) is 114 cm³/mol. The number of rotatable bonds is 6. The van der Waals surface area contributed by atoms with Crippen molar-refractivity contribution in [2.45, 2.75) is 50.2 Å². The van der Waals surface area contributed by atoms with Gasteiger partial charge in [-0.05, 0) is 76.1 Å².